The normalized spacial score (nSPS) is 18.3. The number of benzene rings is 2. The molecule has 0 saturated heterocycles. The Hall–Kier alpha value is -1.39. The highest BCUT2D eigenvalue weighted by Crippen LogP contribution is 2.38. The molecule has 1 saturated carbocycles. The Morgan fingerprint density at radius 3 is 2.12 bits per heavy atom. The average Bonchev–Trinajstić information content (AvgIpc) is 3.11. The molecule has 136 valence electrons. The molecule has 0 unspecified atom stereocenters. The van der Waals surface area contributed by atoms with Crippen molar-refractivity contribution in [3.05, 3.63) is 71.8 Å². The first-order valence-electron chi connectivity index (χ1n) is 8.98. The summed E-state index contributed by atoms with van der Waals surface area (Å²) < 4.78 is 0. The molecule has 1 fully saturated rings. The molecule has 0 bridgehead atoms. The second-order valence-electron chi connectivity index (χ2n) is 6.96. The third-order valence-corrected chi connectivity index (χ3v) is 5.24. The van der Waals surface area contributed by atoms with E-state index in [0.29, 0.717) is 13.0 Å². The highest BCUT2D eigenvalue weighted by molar-refractivity contribution is 5.85. The summed E-state index contributed by atoms with van der Waals surface area (Å²) >= 11 is 0. The zero-order valence-electron chi connectivity index (χ0n) is 14.6. The van der Waals surface area contributed by atoms with Crippen molar-refractivity contribution in [1.82, 2.24) is 5.32 Å². The summed E-state index contributed by atoms with van der Waals surface area (Å²) in [6.45, 7) is 0.531. The third-order valence-electron chi connectivity index (χ3n) is 5.24. The van der Waals surface area contributed by atoms with Gasteiger partial charge in [-0.05, 0) is 30.4 Å². The monoisotopic (exact) mass is 360 g/mol. The topological polar surface area (TPSA) is 58.3 Å². The van der Waals surface area contributed by atoms with E-state index >= 15 is 0 Å². The largest absolute Gasteiger partial charge is 0.390 e. The standard InChI is InChI=1S/C21H28N2O.ClH/c22-19(15-17-9-3-1-4-10-17)20(24)16-23-21(13-7-8-14-21)18-11-5-2-6-12-18;/h1-6,9-12,19-20,23-24H,7-8,13-16,22H2;1H/t19-,20+;/m0./s1. The van der Waals surface area contributed by atoms with E-state index in [4.69, 9.17) is 5.73 Å². The van der Waals surface area contributed by atoms with Crippen LogP contribution in [-0.2, 0) is 12.0 Å². The lowest BCUT2D eigenvalue weighted by molar-refractivity contribution is 0.127. The molecule has 25 heavy (non-hydrogen) atoms. The smallest absolute Gasteiger partial charge is 0.0818 e. The van der Waals surface area contributed by atoms with Crippen LogP contribution in [0.1, 0.15) is 36.8 Å². The summed E-state index contributed by atoms with van der Waals surface area (Å²) in [6, 6.07) is 20.5. The molecular weight excluding hydrogens is 332 g/mol. The Kier molecular flexibility index (Phi) is 7.45. The van der Waals surface area contributed by atoms with Crippen LogP contribution in [-0.4, -0.2) is 23.8 Å². The van der Waals surface area contributed by atoms with Gasteiger partial charge in [-0.3, -0.25) is 0 Å². The number of aliphatic hydroxyl groups is 1. The van der Waals surface area contributed by atoms with Crippen molar-refractivity contribution in [2.45, 2.75) is 49.8 Å². The maximum atomic E-state index is 10.5. The fraction of sp³-hybridized carbons (Fsp3) is 0.429. The summed E-state index contributed by atoms with van der Waals surface area (Å²) in [7, 11) is 0. The number of rotatable bonds is 7. The molecule has 1 aliphatic carbocycles. The number of nitrogens with two attached hydrogens (primary N) is 1. The van der Waals surface area contributed by atoms with Crippen molar-refractivity contribution in [3.8, 4) is 0 Å². The van der Waals surface area contributed by atoms with E-state index in [-0.39, 0.29) is 24.0 Å². The Morgan fingerprint density at radius 2 is 1.52 bits per heavy atom. The van der Waals surface area contributed by atoms with Gasteiger partial charge in [0.1, 0.15) is 0 Å². The average molecular weight is 361 g/mol. The molecule has 0 aromatic heterocycles. The van der Waals surface area contributed by atoms with Crippen LogP contribution < -0.4 is 11.1 Å². The third kappa shape index (κ3) is 5.05. The van der Waals surface area contributed by atoms with E-state index < -0.39 is 6.10 Å². The maximum absolute atomic E-state index is 10.5. The van der Waals surface area contributed by atoms with Crippen LogP contribution >= 0.6 is 12.4 Å². The van der Waals surface area contributed by atoms with E-state index in [9.17, 15) is 5.11 Å². The van der Waals surface area contributed by atoms with Gasteiger partial charge < -0.3 is 16.2 Å². The van der Waals surface area contributed by atoms with Gasteiger partial charge in [0.15, 0.2) is 0 Å². The summed E-state index contributed by atoms with van der Waals surface area (Å²) in [6.07, 6.45) is 4.85. The number of hydrogen-bond acceptors (Lipinski definition) is 3. The number of halogens is 1. The summed E-state index contributed by atoms with van der Waals surface area (Å²) in [5, 5.41) is 14.2. The fourth-order valence-electron chi connectivity index (χ4n) is 3.78. The number of hydrogen-bond donors (Lipinski definition) is 3. The van der Waals surface area contributed by atoms with Gasteiger partial charge in [0.2, 0.25) is 0 Å². The second kappa shape index (κ2) is 9.35. The van der Waals surface area contributed by atoms with Gasteiger partial charge in [-0.25, -0.2) is 0 Å². The van der Waals surface area contributed by atoms with E-state index in [1.54, 1.807) is 0 Å². The molecule has 2 aromatic rings. The van der Waals surface area contributed by atoms with Gasteiger partial charge in [0.05, 0.1) is 6.10 Å². The Morgan fingerprint density at radius 1 is 0.960 bits per heavy atom. The molecule has 3 rings (SSSR count). The van der Waals surface area contributed by atoms with Crippen LogP contribution in [0.3, 0.4) is 0 Å². The zero-order chi connectivity index (χ0) is 16.8. The molecular formula is C21H29ClN2O. The first-order chi connectivity index (χ1) is 11.7. The lowest BCUT2D eigenvalue weighted by Crippen LogP contribution is -2.49. The van der Waals surface area contributed by atoms with Gasteiger partial charge in [-0.2, -0.15) is 0 Å². The molecule has 4 heteroatoms. The van der Waals surface area contributed by atoms with Crippen molar-refractivity contribution in [2.24, 2.45) is 5.73 Å². The second-order valence-corrected chi connectivity index (χ2v) is 6.96. The van der Waals surface area contributed by atoms with Crippen molar-refractivity contribution in [3.63, 3.8) is 0 Å². The Bertz CT molecular complexity index is 614. The minimum absolute atomic E-state index is 0. The molecule has 0 radical (unpaired) electrons. The lowest BCUT2D eigenvalue weighted by atomic mass is 9.87. The molecule has 2 aromatic carbocycles. The van der Waals surface area contributed by atoms with Gasteiger partial charge in [0, 0.05) is 18.1 Å². The predicted octanol–water partition coefficient (Wildman–Crippen LogP) is 3.40. The molecule has 2 atom stereocenters. The summed E-state index contributed by atoms with van der Waals surface area (Å²) in [5.74, 6) is 0. The highest BCUT2D eigenvalue weighted by Gasteiger charge is 2.35. The van der Waals surface area contributed by atoms with Crippen molar-refractivity contribution < 1.29 is 5.11 Å². The highest BCUT2D eigenvalue weighted by atomic mass is 35.5. The van der Waals surface area contributed by atoms with Crippen LogP contribution in [0, 0.1) is 0 Å². The van der Waals surface area contributed by atoms with Gasteiger partial charge in [-0.15, -0.1) is 12.4 Å². The molecule has 4 N–H and O–H groups in total. The zero-order valence-corrected chi connectivity index (χ0v) is 15.4. The Balaban J connectivity index is 0.00000225. The van der Waals surface area contributed by atoms with Crippen LogP contribution in [0.2, 0.25) is 0 Å². The van der Waals surface area contributed by atoms with E-state index in [0.717, 1.165) is 12.8 Å². The van der Waals surface area contributed by atoms with Crippen LogP contribution in [0.15, 0.2) is 60.7 Å². The fourth-order valence-corrected chi connectivity index (χ4v) is 3.78. The molecule has 0 spiro atoms. The molecule has 0 heterocycles. The molecule has 0 amide bonds. The predicted molar refractivity (Wildman–Crippen MR) is 106 cm³/mol. The lowest BCUT2D eigenvalue weighted by Gasteiger charge is -2.33. The summed E-state index contributed by atoms with van der Waals surface area (Å²) in [4.78, 5) is 0. The maximum Gasteiger partial charge on any atom is 0.0818 e. The molecule has 0 aliphatic heterocycles. The van der Waals surface area contributed by atoms with Gasteiger partial charge in [-0.1, -0.05) is 73.5 Å². The number of nitrogens with one attached hydrogen (secondary N) is 1. The van der Waals surface area contributed by atoms with Gasteiger partial charge in [0.25, 0.3) is 0 Å². The SMILES string of the molecule is Cl.N[C@@H](Cc1ccccc1)[C@H](O)CNC1(c2ccccc2)CCCC1. The van der Waals surface area contributed by atoms with E-state index in [1.807, 2.05) is 18.2 Å². The van der Waals surface area contributed by atoms with Crippen molar-refractivity contribution >= 4 is 12.4 Å². The van der Waals surface area contributed by atoms with Crippen LogP contribution in [0.5, 0.6) is 0 Å². The van der Waals surface area contributed by atoms with Crippen LogP contribution in [0.25, 0.3) is 0 Å². The first kappa shape index (κ1) is 19.9. The summed E-state index contributed by atoms with van der Waals surface area (Å²) in [5.41, 5.74) is 8.72. The van der Waals surface area contributed by atoms with E-state index in [2.05, 4.69) is 47.8 Å². The minimum atomic E-state index is -0.550. The minimum Gasteiger partial charge on any atom is -0.390 e. The van der Waals surface area contributed by atoms with Crippen LogP contribution in [0.4, 0.5) is 0 Å². The van der Waals surface area contributed by atoms with Crippen molar-refractivity contribution in [1.29, 1.82) is 0 Å². The van der Waals surface area contributed by atoms with E-state index in [1.165, 1.54) is 24.0 Å². The number of aliphatic hydroxyl groups excluding tert-OH is 1. The Labute approximate surface area is 157 Å². The van der Waals surface area contributed by atoms with Crippen molar-refractivity contribution in [2.75, 3.05) is 6.54 Å². The first-order valence-corrected chi connectivity index (χ1v) is 8.98. The van der Waals surface area contributed by atoms with Gasteiger partial charge >= 0.3 is 0 Å². The molecule has 1 aliphatic rings. The molecule has 3 nitrogen and oxygen atoms in total. The quantitative estimate of drug-likeness (QED) is 0.709.